The molecule has 0 spiro atoms. The summed E-state index contributed by atoms with van der Waals surface area (Å²) in [5.74, 6) is -2.18. The SMILES string of the molecule is [N-]=[N+]=NOc1ccccc1C(=O)ON1C(=O)CCC1=O. The minimum absolute atomic E-state index is 0.00296. The normalized spacial score (nSPS) is 13.9. The Bertz CT molecular complexity index is 607. The topological polar surface area (TPSA) is 122 Å². The maximum atomic E-state index is 11.9. The highest BCUT2D eigenvalue weighted by Crippen LogP contribution is 2.21. The number of carbonyl (C=O) groups excluding carboxylic acids is 3. The highest BCUT2D eigenvalue weighted by molar-refractivity contribution is 6.03. The summed E-state index contributed by atoms with van der Waals surface area (Å²) in [7, 11) is 0. The van der Waals surface area contributed by atoms with E-state index < -0.39 is 17.8 Å². The number of nitrogens with zero attached hydrogens (tertiary/aromatic N) is 4. The van der Waals surface area contributed by atoms with Crippen LogP contribution in [0.5, 0.6) is 5.75 Å². The predicted octanol–water partition coefficient (Wildman–Crippen LogP) is 1.51. The van der Waals surface area contributed by atoms with Crippen molar-refractivity contribution < 1.29 is 24.1 Å². The van der Waals surface area contributed by atoms with E-state index in [1.54, 1.807) is 6.07 Å². The van der Waals surface area contributed by atoms with Gasteiger partial charge in [0.15, 0.2) is 5.75 Å². The number of amides is 2. The Morgan fingerprint density at radius 3 is 2.55 bits per heavy atom. The van der Waals surface area contributed by atoms with Gasteiger partial charge in [-0.15, -0.1) is 5.06 Å². The first kappa shape index (κ1) is 13.4. The van der Waals surface area contributed by atoms with E-state index in [1.165, 1.54) is 18.2 Å². The van der Waals surface area contributed by atoms with E-state index in [0.29, 0.717) is 5.06 Å². The molecule has 1 aliphatic heterocycles. The standard InChI is InChI=1S/C11H8N4O5/c12-13-14-19-8-4-2-1-3-7(8)11(18)20-15-9(16)5-6-10(15)17/h1-4H,5-6H2. The summed E-state index contributed by atoms with van der Waals surface area (Å²) in [6, 6.07) is 5.78. The average molecular weight is 276 g/mol. The first-order valence-corrected chi connectivity index (χ1v) is 5.52. The lowest BCUT2D eigenvalue weighted by Gasteiger charge is -2.13. The van der Waals surface area contributed by atoms with Crippen molar-refractivity contribution in [1.29, 1.82) is 0 Å². The van der Waals surface area contributed by atoms with Crippen LogP contribution in [0.25, 0.3) is 10.4 Å². The zero-order valence-electron chi connectivity index (χ0n) is 10.1. The molecule has 0 aliphatic carbocycles. The summed E-state index contributed by atoms with van der Waals surface area (Å²) in [6.45, 7) is 0. The molecule has 0 saturated carbocycles. The number of imide groups is 1. The van der Waals surface area contributed by atoms with Crippen LogP contribution >= 0.6 is 0 Å². The van der Waals surface area contributed by atoms with Gasteiger partial charge >= 0.3 is 5.97 Å². The second-order valence-corrected chi connectivity index (χ2v) is 3.72. The number of rotatable bonds is 4. The minimum atomic E-state index is -0.961. The molecule has 0 radical (unpaired) electrons. The van der Waals surface area contributed by atoms with Crippen LogP contribution in [0.3, 0.4) is 0 Å². The smallest absolute Gasteiger partial charge is 0.367 e. The quantitative estimate of drug-likeness (QED) is 0.271. The summed E-state index contributed by atoms with van der Waals surface area (Å²) in [5.41, 5.74) is 8.10. The maximum absolute atomic E-state index is 11.9. The van der Waals surface area contributed by atoms with Crippen molar-refractivity contribution in [3.63, 3.8) is 0 Å². The van der Waals surface area contributed by atoms with Crippen molar-refractivity contribution in [3.05, 3.63) is 40.3 Å². The Balaban J connectivity index is 2.19. The number of hydrogen-bond acceptors (Lipinski definition) is 6. The van der Waals surface area contributed by atoms with Crippen LogP contribution in [0.15, 0.2) is 29.5 Å². The van der Waals surface area contributed by atoms with Crippen LogP contribution in [0.4, 0.5) is 0 Å². The largest absolute Gasteiger partial charge is 0.393 e. The van der Waals surface area contributed by atoms with Gasteiger partial charge in [-0.05, 0) is 17.7 Å². The van der Waals surface area contributed by atoms with Crippen molar-refractivity contribution in [1.82, 2.24) is 5.06 Å². The first-order valence-electron chi connectivity index (χ1n) is 5.52. The highest BCUT2D eigenvalue weighted by atomic mass is 16.7. The number of carbonyl (C=O) groups is 3. The third kappa shape index (κ3) is 2.68. The second-order valence-electron chi connectivity index (χ2n) is 3.72. The molecule has 0 aromatic heterocycles. The fraction of sp³-hybridized carbons (Fsp3) is 0.182. The number of benzene rings is 1. The molecule has 9 heteroatoms. The Morgan fingerprint density at radius 2 is 1.90 bits per heavy atom. The molecule has 1 heterocycles. The lowest BCUT2D eigenvalue weighted by Crippen LogP contribution is -2.32. The molecule has 1 saturated heterocycles. The molecule has 1 aromatic rings. The van der Waals surface area contributed by atoms with Crippen LogP contribution in [0.2, 0.25) is 0 Å². The van der Waals surface area contributed by atoms with Crippen molar-refractivity contribution in [2.45, 2.75) is 12.8 Å². The summed E-state index contributed by atoms with van der Waals surface area (Å²) in [4.78, 5) is 46.3. The van der Waals surface area contributed by atoms with Crippen LogP contribution < -0.4 is 4.84 Å². The number of hydroxylamine groups is 2. The number of azide groups is 1. The molecule has 0 atom stereocenters. The van der Waals surface area contributed by atoms with Crippen molar-refractivity contribution in [2.75, 3.05) is 0 Å². The molecule has 1 fully saturated rings. The van der Waals surface area contributed by atoms with Gasteiger partial charge in [-0.2, -0.15) is 0 Å². The zero-order chi connectivity index (χ0) is 14.5. The molecule has 20 heavy (non-hydrogen) atoms. The van der Waals surface area contributed by atoms with Crippen LogP contribution in [0.1, 0.15) is 23.2 Å². The highest BCUT2D eigenvalue weighted by Gasteiger charge is 2.33. The van der Waals surface area contributed by atoms with Gasteiger partial charge in [0.25, 0.3) is 11.8 Å². The molecular weight excluding hydrogens is 268 g/mol. The van der Waals surface area contributed by atoms with E-state index >= 15 is 0 Å². The lowest BCUT2D eigenvalue weighted by molar-refractivity contribution is -0.172. The van der Waals surface area contributed by atoms with Gasteiger partial charge in [-0.25, -0.2) is 4.79 Å². The van der Waals surface area contributed by atoms with Crippen LogP contribution in [-0.2, 0) is 14.4 Å². The molecule has 1 aliphatic rings. The summed E-state index contributed by atoms with van der Waals surface area (Å²) >= 11 is 0. The molecule has 0 bridgehead atoms. The third-order valence-corrected chi connectivity index (χ3v) is 2.46. The van der Waals surface area contributed by atoms with E-state index in [9.17, 15) is 14.4 Å². The lowest BCUT2D eigenvalue weighted by atomic mass is 10.2. The minimum Gasteiger partial charge on any atom is -0.393 e. The molecule has 1 aromatic carbocycles. The van der Waals surface area contributed by atoms with E-state index in [4.69, 9.17) is 10.4 Å². The Labute approximate surface area is 112 Å². The summed E-state index contributed by atoms with van der Waals surface area (Å²) in [5, 5.41) is 3.30. The van der Waals surface area contributed by atoms with E-state index in [2.05, 4.69) is 15.0 Å². The van der Waals surface area contributed by atoms with Crippen molar-refractivity contribution in [2.24, 2.45) is 5.28 Å². The number of para-hydroxylation sites is 1. The molecule has 2 rings (SSSR count). The van der Waals surface area contributed by atoms with Crippen LogP contribution in [0, 0.1) is 0 Å². The first-order chi connectivity index (χ1) is 9.63. The molecule has 0 unspecified atom stereocenters. The molecule has 2 amide bonds. The van der Waals surface area contributed by atoms with Gasteiger partial charge in [0.05, 0.1) is 0 Å². The molecule has 0 N–H and O–H groups in total. The Kier molecular flexibility index (Phi) is 3.82. The van der Waals surface area contributed by atoms with E-state index in [0.717, 1.165) is 0 Å². The zero-order valence-corrected chi connectivity index (χ0v) is 10.1. The summed E-state index contributed by atoms with van der Waals surface area (Å²) in [6.07, 6.45) is 0.00592. The fourth-order valence-corrected chi connectivity index (χ4v) is 1.57. The maximum Gasteiger partial charge on any atom is 0.367 e. The van der Waals surface area contributed by atoms with Gasteiger partial charge in [-0.3, -0.25) is 9.59 Å². The third-order valence-electron chi connectivity index (χ3n) is 2.46. The van der Waals surface area contributed by atoms with E-state index in [1.807, 2.05) is 0 Å². The van der Waals surface area contributed by atoms with Gasteiger partial charge in [-0.1, -0.05) is 12.1 Å². The molecular formula is C11H8N4O5. The average Bonchev–Trinajstić information content (AvgIpc) is 2.77. The fourth-order valence-electron chi connectivity index (χ4n) is 1.57. The Hall–Kier alpha value is -3.06. The number of hydrogen-bond donors (Lipinski definition) is 0. The van der Waals surface area contributed by atoms with E-state index in [-0.39, 0.29) is 24.2 Å². The summed E-state index contributed by atoms with van der Waals surface area (Å²) < 4.78 is 0. The molecule has 9 nitrogen and oxygen atoms in total. The van der Waals surface area contributed by atoms with Gasteiger partial charge in [0, 0.05) is 17.8 Å². The van der Waals surface area contributed by atoms with Gasteiger partial charge < -0.3 is 9.68 Å². The second kappa shape index (κ2) is 5.72. The molecule has 102 valence electrons. The van der Waals surface area contributed by atoms with Gasteiger partial charge in [0.2, 0.25) is 0 Å². The monoisotopic (exact) mass is 276 g/mol. The Morgan fingerprint density at radius 1 is 1.25 bits per heavy atom. The van der Waals surface area contributed by atoms with Crippen molar-refractivity contribution in [3.8, 4) is 5.75 Å². The van der Waals surface area contributed by atoms with Gasteiger partial charge in [0.1, 0.15) is 10.8 Å². The van der Waals surface area contributed by atoms with Crippen LogP contribution in [-0.4, -0.2) is 22.8 Å². The van der Waals surface area contributed by atoms with Crippen molar-refractivity contribution >= 4 is 17.8 Å². The predicted molar refractivity (Wildman–Crippen MR) is 62.7 cm³/mol.